The highest BCUT2D eigenvalue weighted by molar-refractivity contribution is 7.17. The van der Waals surface area contributed by atoms with Crippen molar-refractivity contribution in [1.29, 1.82) is 0 Å². The Balaban J connectivity index is 1.65. The van der Waals surface area contributed by atoms with Crippen LogP contribution in [0.4, 0.5) is 15.0 Å². The van der Waals surface area contributed by atoms with Gasteiger partial charge >= 0.3 is 6.09 Å². The fourth-order valence-electron chi connectivity index (χ4n) is 3.61. The maximum absolute atomic E-state index is 13.4. The predicted octanol–water partition coefficient (Wildman–Crippen LogP) is 5.60. The molecule has 3 heterocycles. The van der Waals surface area contributed by atoms with Gasteiger partial charge in [0.05, 0.1) is 5.39 Å². The number of anilines is 1. The molecule has 4 rings (SSSR count). The van der Waals surface area contributed by atoms with E-state index in [4.69, 9.17) is 16.3 Å². The van der Waals surface area contributed by atoms with Crippen molar-refractivity contribution < 1.29 is 13.9 Å². The average Bonchev–Trinajstić information content (AvgIpc) is 2.95. The molecule has 0 bridgehead atoms. The van der Waals surface area contributed by atoms with Crippen molar-refractivity contribution in [1.82, 2.24) is 14.9 Å². The summed E-state index contributed by atoms with van der Waals surface area (Å²) >= 11 is 7.72. The molecule has 1 aromatic carbocycles. The zero-order valence-corrected chi connectivity index (χ0v) is 19.3. The number of benzene rings is 1. The molecule has 0 radical (unpaired) electrons. The number of aromatic nitrogens is 2. The lowest BCUT2D eigenvalue weighted by molar-refractivity contribution is 0.0263. The molecular formula is C22H24ClFN4O2S. The molecule has 1 amide bonds. The van der Waals surface area contributed by atoms with E-state index in [1.165, 1.54) is 23.5 Å². The van der Waals surface area contributed by atoms with E-state index in [2.05, 4.69) is 14.9 Å². The van der Waals surface area contributed by atoms with E-state index >= 15 is 0 Å². The first kappa shape index (κ1) is 21.8. The lowest BCUT2D eigenvalue weighted by Crippen LogP contribution is -2.39. The number of halogens is 2. The Morgan fingerprint density at radius 3 is 2.58 bits per heavy atom. The van der Waals surface area contributed by atoms with E-state index < -0.39 is 5.60 Å². The number of hydrogen-bond acceptors (Lipinski definition) is 6. The zero-order valence-electron chi connectivity index (χ0n) is 17.7. The molecule has 0 unspecified atom stereocenters. The predicted molar refractivity (Wildman–Crippen MR) is 122 cm³/mol. The van der Waals surface area contributed by atoms with Crippen LogP contribution in [0.15, 0.2) is 29.6 Å². The third-order valence-corrected chi connectivity index (χ3v) is 6.03. The van der Waals surface area contributed by atoms with Crippen LogP contribution in [-0.2, 0) is 4.74 Å². The van der Waals surface area contributed by atoms with Crippen LogP contribution in [0.2, 0.25) is 5.28 Å². The summed E-state index contributed by atoms with van der Waals surface area (Å²) in [6.07, 6.45) is 0.473. The number of carbonyl (C=O) groups is 1. The van der Waals surface area contributed by atoms with Gasteiger partial charge in [-0.15, -0.1) is 11.3 Å². The monoisotopic (exact) mass is 462 g/mol. The SMILES string of the molecule is CC(C)(C)OC(=O)N1CCCN(c2nc(Cl)nc3scc(-c4ccc(F)cc4)c23)CC1. The van der Waals surface area contributed by atoms with Gasteiger partial charge in [0.15, 0.2) is 0 Å². The molecule has 3 aromatic rings. The first-order valence-corrected chi connectivity index (χ1v) is 11.4. The number of hydrogen-bond donors (Lipinski definition) is 0. The van der Waals surface area contributed by atoms with Crippen LogP contribution >= 0.6 is 22.9 Å². The van der Waals surface area contributed by atoms with Crippen molar-refractivity contribution in [2.45, 2.75) is 32.8 Å². The van der Waals surface area contributed by atoms with Gasteiger partial charge in [0.2, 0.25) is 5.28 Å². The van der Waals surface area contributed by atoms with Crippen LogP contribution in [0.1, 0.15) is 27.2 Å². The van der Waals surface area contributed by atoms with E-state index in [9.17, 15) is 9.18 Å². The molecule has 0 spiro atoms. The smallest absolute Gasteiger partial charge is 0.410 e. The molecule has 0 saturated carbocycles. The lowest BCUT2D eigenvalue weighted by Gasteiger charge is -2.27. The molecule has 2 aromatic heterocycles. The summed E-state index contributed by atoms with van der Waals surface area (Å²) in [5, 5.41) is 3.08. The quantitative estimate of drug-likeness (QED) is 0.464. The van der Waals surface area contributed by atoms with E-state index in [1.807, 2.05) is 26.2 Å². The molecule has 1 fully saturated rings. The summed E-state index contributed by atoms with van der Waals surface area (Å²) in [5.41, 5.74) is 1.31. The Morgan fingerprint density at radius 1 is 1.13 bits per heavy atom. The molecule has 164 valence electrons. The fourth-order valence-corrected chi connectivity index (χ4v) is 4.76. The van der Waals surface area contributed by atoms with Gasteiger partial charge in [-0.3, -0.25) is 0 Å². The standard InChI is InChI=1S/C22H24ClFN4O2S/c1-22(2,3)30-21(29)28-10-4-9-27(11-12-28)18-17-16(14-5-7-15(24)8-6-14)13-31-19(17)26-20(23)25-18/h5-8,13H,4,9-12H2,1-3H3. The van der Waals surface area contributed by atoms with Crippen LogP contribution < -0.4 is 4.90 Å². The average molecular weight is 463 g/mol. The molecule has 1 saturated heterocycles. The van der Waals surface area contributed by atoms with Gasteiger partial charge in [-0.2, -0.15) is 4.98 Å². The summed E-state index contributed by atoms with van der Waals surface area (Å²) in [6.45, 7) is 8.04. The minimum absolute atomic E-state index is 0.184. The van der Waals surface area contributed by atoms with Gasteiger partial charge in [-0.1, -0.05) is 12.1 Å². The van der Waals surface area contributed by atoms with Crippen molar-refractivity contribution in [3.05, 3.63) is 40.7 Å². The third-order valence-electron chi connectivity index (χ3n) is 4.99. The Hall–Kier alpha value is -2.45. The number of carbonyl (C=O) groups excluding carboxylic acids is 1. The molecule has 9 heteroatoms. The van der Waals surface area contributed by atoms with E-state index in [1.54, 1.807) is 17.0 Å². The Morgan fingerprint density at radius 2 is 1.87 bits per heavy atom. The second-order valence-electron chi connectivity index (χ2n) is 8.46. The minimum Gasteiger partial charge on any atom is -0.444 e. The van der Waals surface area contributed by atoms with Crippen LogP contribution in [-0.4, -0.2) is 52.7 Å². The molecule has 0 N–H and O–H groups in total. The third kappa shape index (κ3) is 4.91. The van der Waals surface area contributed by atoms with Crippen LogP contribution in [0.5, 0.6) is 0 Å². The summed E-state index contributed by atoms with van der Waals surface area (Å²) in [4.78, 5) is 26.1. The largest absolute Gasteiger partial charge is 0.444 e. The number of amides is 1. The zero-order chi connectivity index (χ0) is 22.2. The Kier molecular flexibility index (Phi) is 6.03. The summed E-state index contributed by atoms with van der Waals surface area (Å²) < 4.78 is 19.0. The fraction of sp³-hybridized carbons (Fsp3) is 0.409. The van der Waals surface area contributed by atoms with E-state index in [0.29, 0.717) is 19.6 Å². The first-order chi connectivity index (χ1) is 14.7. The summed E-state index contributed by atoms with van der Waals surface area (Å²) in [6, 6.07) is 6.39. The van der Waals surface area contributed by atoms with Gasteiger partial charge in [-0.25, -0.2) is 14.2 Å². The van der Waals surface area contributed by atoms with Gasteiger partial charge in [0.1, 0.15) is 22.1 Å². The molecule has 31 heavy (non-hydrogen) atoms. The van der Waals surface area contributed by atoms with Crippen molar-refractivity contribution in [3.8, 4) is 11.1 Å². The normalized spacial score (nSPS) is 15.3. The minimum atomic E-state index is -0.532. The molecule has 1 aliphatic rings. The second-order valence-corrected chi connectivity index (χ2v) is 9.66. The number of nitrogens with zero attached hydrogens (tertiary/aromatic N) is 4. The number of rotatable bonds is 2. The molecular weight excluding hydrogens is 439 g/mol. The summed E-state index contributed by atoms with van der Waals surface area (Å²) in [5.74, 6) is 0.458. The number of thiophene rings is 1. The highest BCUT2D eigenvalue weighted by Crippen LogP contribution is 2.39. The van der Waals surface area contributed by atoms with Crippen molar-refractivity contribution >= 4 is 45.1 Å². The van der Waals surface area contributed by atoms with E-state index in [-0.39, 0.29) is 17.2 Å². The van der Waals surface area contributed by atoms with Crippen LogP contribution in [0.3, 0.4) is 0 Å². The Bertz CT molecular complexity index is 1100. The van der Waals surface area contributed by atoms with Crippen molar-refractivity contribution in [3.63, 3.8) is 0 Å². The Labute approximate surface area is 189 Å². The molecule has 0 atom stereocenters. The molecule has 1 aliphatic heterocycles. The van der Waals surface area contributed by atoms with E-state index in [0.717, 1.165) is 40.1 Å². The lowest BCUT2D eigenvalue weighted by atomic mass is 10.1. The van der Waals surface area contributed by atoms with Crippen LogP contribution in [0.25, 0.3) is 21.3 Å². The molecule has 6 nitrogen and oxygen atoms in total. The van der Waals surface area contributed by atoms with Crippen molar-refractivity contribution in [2.24, 2.45) is 0 Å². The highest BCUT2D eigenvalue weighted by atomic mass is 35.5. The van der Waals surface area contributed by atoms with Crippen molar-refractivity contribution in [2.75, 3.05) is 31.1 Å². The van der Waals surface area contributed by atoms with Gasteiger partial charge in [0.25, 0.3) is 0 Å². The van der Waals surface area contributed by atoms with Gasteiger partial charge in [0, 0.05) is 37.1 Å². The number of fused-ring (bicyclic) bond motifs is 1. The van der Waals surface area contributed by atoms with Gasteiger partial charge in [-0.05, 0) is 56.5 Å². The first-order valence-electron chi connectivity index (χ1n) is 10.1. The highest BCUT2D eigenvalue weighted by Gasteiger charge is 2.26. The topological polar surface area (TPSA) is 58.6 Å². The number of ether oxygens (including phenoxy) is 1. The van der Waals surface area contributed by atoms with Crippen LogP contribution in [0, 0.1) is 5.82 Å². The summed E-state index contributed by atoms with van der Waals surface area (Å²) in [7, 11) is 0. The second kappa shape index (κ2) is 8.59. The van der Waals surface area contributed by atoms with Gasteiger partial charge < -0.3 is 14.5 Å². The maximum atomic E-state index is 13.4. The molecule has 0 aliphatic carbocycles. The maximum Gasteiger partial charge on any atom is 0.410 e.